The third kappa shape index (κ3) is 3.86. The predicted octanol–water partition coefficient (Wildman–Crippen LogP) is 2.98. The number of rotatable bonds is 5. The summed E-state index contributed by atoms with van der Waals surface area (Å²) in [6.07, 6.45) is 0.928. The van der Waals surface area contributed by atoms with Crippen LogP contribution in [0.4, 0.5) is 0 Å². The zero-order chi connectivity index (χ0) is 15.8. The van der Waals surface area contributed by atoms with Crippen molar-refractivity contribution in [2.75, 3.05) is 13.1 Å². The molecular weight excluding hydrogens is 304 g/mol. The average molecular weight is 331 g/mol. The Kier molecular flexibility index (Phi) is 4.83. The minimum absolute atomic E-state index is 0.0824. The van der Waals surface area contributed by atoms with Crippen molar-refractivity contribution in [2.24, 2.45) is 5.41 Å². The van der Waals surface area contributed by atoms with Gasteiger partial charge in [-0.05, 0) is 24.8 Å². The molecule has 2 heterocycles. The van der Waals surface area contributed by atoms with Crippen molar-refractivity contribution in [2.45, 2.75) is 58.5 Å². The summed E-state index contributed by atoms with van der Waals surface area (Å²) in [4.78, 5) is 2.46. The molecule has 1 aromatic heterocycles. The second-order valence-corrected chi connectivity index (χ2v) is 10.2. The standard InChI is InChI=1S/C15H26N2O2S2/c1-11(2)16-9-13-8-14(12(3)20-13)21(18,19)17-7-6-15(4,5)10-17/h8,11,16H,6-7,9-10H2,1-5H3. The van der Waals surface area contributed by atoms with Gasteiger partial charge in [0.05, 0.1) is 4.90 Å². The van der Waals surface area contributed by atoms with E-state index >= 15 is 0 Å². The van der Waals surface area contributed by atoms with Gasteiger partial charge in [0.15, 0.2) is 0 Å². The summed E-state index contributed by atoms with van der Waals surface area (Å²) >= 11 is 1.57. The second-order valence-electron chi connectivity index (χ2n) is 6.92. The molecule has 21 heavy (non-hydrogen) atoms. The number of aryl methyl sites for hydroxylation is 1. The first-order valence-corrected chi connectivity index (χ1v) is 9.70. The molecule has 1 aromatic rings. The molecule has 6 heteroatoms. The van der Waals surface area contributed by atoms with E-state index in [2.05, 4.69) is 33.0 Å². The molecule has 1 saturated heterocycles. The first-order chi connectivity index (χ1) is 9.62. The maximum Gasteiger partial charge on any atom is 0.244 e. The summed E-state index contributed by atoms with van der Waals surface area (Å²) in [5.41, 5.74) is 0.0824. The van der Waals surface area contributed by atoms with Gasteiger partial charge < -0.3 is 5.32 Å². The third-order valence-electron chi connectivity index (χ3n) is 3.87. The number of sulfonamides is 1. The molecule has 4 nitrogen and oxygen atoms in total. The lowest BCUT2D eigenvalue weighted by Gasteiger charge is -2.19. The zero-order valence-corrected chi connectivity index (χ0v) is 15.2. The number of hydrogen-bond acceptors (Lipinski definition) is 4. The van der Waals surface area contributed by atoms with Crippen LogP contribution in [0.15, 0.2) is 11.0 Å². The highest BCUT2D eigenvalue weighted by Gasteiger charge is 2.37. The smallest absolute Gasteiger partial charge is 0.244 e. The largest absolute Gasteiger partial charge is 0.310 e. The third-order valence-corrected chi connectivity index (χ3v) is 7.02. The van der Waals surface area contributed by atoms with E-state index in [0.29, 0.717) is 24.0 Å². The normalized spacial score (nSPS) is 19.5. The minimum atomic E-state index is -3.34. The summed E-state index contributed by atoms with van der Waals surface area (Å²) in [5.74, 6) is 0. The van der Waals surface area contributed by atoms with E-state index in [0.717, 1.165) is 22.7 Å². The Labute approximate surface area is 132 Å². The molecule has 0 spiro atoms. The molecule has 0 aromatic carbocycles. The fraction of sp³-hybridized carbons (Fsp3) is 0.733. The van der Waals surface area contributed by atoms with Crippen molar-refractivity contribution in [3.63, 3.8) is 0 Å². The maximum absolute atomic E-state index is 12.8. The van der Waals surface area contributed by atoms with Crippen molar-refractivity contribution in [1.82, 2.24) is 9.62 Å². The number of hydrogen-bond donors (Lipinski definition) is 1. The molecule has 1 aliphatic heterocycles. The topological polar surface area (TPSA) is 49.4 Å². The molecule has 0 atom stereocenters. The molecule has 1 N–H and O–H groups in total. The average Bonchev–Trinajstić information content (AvgIpc) is 2.90. The van der Waals surface area contributed by atoms with Crippen molar-refractivity contribution in [3.8, 4) is 0 Å². The van der Waals surface area contributed by atoms with Crippen molar-refractivity contribution in [1.29, 1.82) is 0 Å². The molecule has 0 unspecified atom stereocenters. The van der Waals surface area contributed by atoms with E-state index in [1.54, 1.807) is 15.6 Å². The van der Waals surface area contributed by atoms with E-state index in [4.69, 9.17) is 0 Å². The lowest BCUT2D eigenvalue weighted by atomic mass is 9.93. The highest BCUT2D eigenvalue weighted by molar-refractivity contribution is 7.89. The quantitative estimate of drug-likeness (QED) is 0.903. The van der Waals surface area contributed by atoms with E-state index in [9.17, 15) is 8.42 Å². The fourth-order valence-electron chi connectivity index (χ4n) is 2.58. The van der Waals surface area contributed by atoms with Gasteiger partial charge in [-0.1, -0.05) is 27.7 Å². The van der Waals surface area contributed by atoms with Crippen LogP contribution < -0.4 is 5.32 Å². The van der Waals surface area contributed by atoms with Crippen molar-refractivity contribution >= 4 is 21.4 Å². The number of nitrogens with one attached hydrogen (secondary N) is 1. The molecular formula is C15H26N2O2S2. The Balaban J connectivity index is 2.21. The lowest BCUT2D eigenvalue weighted by molar-refractivity contribution is 0.375. The summed E-state index contributed by atoms with van der Waals surface area (Å²) in [7, 11) is -3.34. The summed E-state index contributed by atoms with van der Waals surface area (Å²) in [5, 5.41) is 3.34. The van der Waals surface area contributed by atoms with E-state index < -0.39 is 10.0 Å². The highest BCUT2D eigenvalue weighted by Crippen LogP contribution is 2.35. The van der Waals surface area contributed by atoms with Crippen LogP contribution in [0.2, 0.25) is 0 Å². The Morgan fingerprint density at radius 1 is 1.43 bits per heavy atom. The van der Waals surface area contributed by atoms with Gasteiger partial charge in [0.2, 0.25) is 10.0 Å². The number of nitrogens with zero attached hydrogens (tertiary/aromatic N) is 1. The van der Waals surface area contributed by atoms with Gasteiger partial charge in [-0.2, -0.15) is 4.31 Å². The van der Waals surface area contributed by atoms with Crippen LogP contribution in [0.5, 0.6) is 0 Å². The first-order valence-electron chi connectivity index (χ1n) is 7.45. The van der Waals surface area contributed by atoms with Gasteiger partial charge in [-0.15, -0.1) is 11.3 Å². The van der Waals surface area contributed by atoms with Crippen molar-refractivity contribution < 1.29 is 8.42 Å². The van der Waals surface area contributed by atoms with Crippen LogP contribution >= 0.6 is 11.3 Å². The molecule has 1 fully saturated rings. The van der Waals surface area contributed by atoms with Crippen LogP contribution in [0.3, 0.4) is 0 Å². The Hall–Kier alpha value is -0.430. The Bertz CT molecular complexity index is 603. The van der Waals surface area contributed by atoms with Gasteiger partial charge >= 0.3 is 0 Å². The number of thiophene rings is 1. The monoisotopic (exact) mass is 330 g/mol. The van der Waals surface area contributed by atoms with Gasteiger partial charge in [0.1, 0.15) is 0 Å². The van der Waals surface area contributed by atoms with Crippen LogP contribution in [0.1, 0.15) is 43.9 Å². The van der Waals surface area contributed by atoms with Gasteiger partial charge in [0, 0.05) is 35.4 Å². The van der Waals surface area contributed by atoms with Crippen LogP contribution in [0, 0.1) is 12.3 Å². The van der Waals surface area contributed by atoms with E-state index in [1.807, 2.05) is 13.0 Å². The Morgan fingerprint density at radius 3 is 2.62 bits per heavy atom. The molecule has 1 aliphatic rings. The highest BCUT2D eigenvalue weighted by atomic mass is 32.2. The Morgan fingerprint density at radius 2 is 2.10 bits per heavy atom. The van der Waals surface area contributed by atoms with E-state index in [-0.39, 0.29) is 5.41 Å². The molecule has 0 amide bonds. The lowest BCUT2D eigenvalue weighted by Crippen LogP contribution is -2.30. The summed E-state index contributed by atoms with van der Waals surface area (Å²) < 4.78 is 27.3. The second kappa shape index (κ2) is 5.99. The molecule has 0 saturated carbocycles. The summed E-state index contributed by atoms with van der Waals surface area (Å²) in [6.45, 7) is 12.3. The van der Waals surface area contributed by atoms with Gasteiger partial charge in [-0.25, -0.2) is 8.42 Å². The summed E-state index contributed by atoms with van der Waals surface area (Å²) in [6, 6.07) is 2.24. The van der Waals surface area contributed by atoms with Gasteiger partial charge in [0.25, 0.3) is 0 Å². The van der Waals surface area contributed by atoms with Crippen molar-refractivity contribution in [3.05, 3.63) is 15.8 Å². The molecule has 120 valence electrons. The fourth-order valence-corrected chi connectivity index (χ4v) is 5.76. The molecule has 0 aliphatic carbocycles. The molecule has 0 radical (unpaired) electrons. The van der Waals surface area contributed by atoms with E-state index in [1.165, 1.54) is 0 Å². The predicted molar refractivity (Wildman–Crippen MR) is 88.2 cm³/mol. The maximum atomic E-state index is 12.8. The van der Waals surface area contributed by atoms with Gasteiger partial charge in [-0.3, -0.25) is 0 Å². The van der Waals surface area contributed by atoms with Crippen LogP contribution in [0.25, 0.3) is 0 Å². The first kappa shape index (κ1) is 16.9. The van der Waals surface area contributed by atoms with Crippen LogP contribution in [-0.4, -0.2) is 31.9 Å². The zero-order valence-electron chi connectivity index (χ0n) is 13.6. The molecule has 2 rings (SSSR count). The SMILES string of the molecule is Cc1sc(CNC(C)C)cc1S(=O)(=O)N1CCC(C)(C)C1. The van der Waals surface area contributed by atoms with Crippen LogP contribution in [-0.2, 0) is 16.6 Å². The molecule has 0 bridgehead atoms. The minimum Gasteiger partial charge on any atom is -0.310 e.